The number of carboxylic acid groups (broad SMARTS) is 1. The maximum Gasteiger partial charge on any atom is 0.335 e. The summed E-state index contributed by atoms with van der Waals surface area (Å²) in [6.45, 7) is -0.843. The number of ether oxygens (including phenoxy) is 1. The maximum atomic E-state index is 11.5. The lowest BCUT2D eigenvalue weighted by atomic mass is 10.0. The van der Waals surface area contributed by atoms with Gasteiger partial charge in [-0.3, -0.25) is 4.72 Å². The number of carbonyl (C=O) groups is 1. The van der Waals surface area contributed by atoms with Crippen LogP contribution < -0.4 is 14.8 Å². The average Bonchev–Trinajstić information content (AvgIpc) is 2.95. The summed E-state index contributed by atoms with van der Waals surface area (Å²) in [5.41, 5.74) is 3.86. The van der Waals surface area contributed by atoms with Crippen molar-refractivity contribution >= 4 is 54.9 Å². The highest BCUT2D eigenvalue weighted by molar-refractivity contribution is 7.92. The van der Waals surface area contributed by atoms with Gasteiger partial charge in [0.2, 0.25) is 10.0 Å². The minimum absolute atomic E-state index is 0.439. The fourth-order valence-electron chi connectivity index (χ4n) is 3.85. The monoisotopic (exact) mass is 589 g/mol. The van der Waals surface area contributed by atoms with Crippen LogP contribution in [0.25, 0.3) is 21.8 Å². The number of methoxy groups -OCH3 is 1. The zero-order valence-corrected chi connectivity index (χ0v) is 22.9. The van der Waals surface area contributed by atoms with Gasteiger partial charge in [-0.2, -0.15) is 0 Å². The van der Waals surface area contributed by atoms with E-state index < -0.39 is 47.0 Å². The summed E-state index contributed by atoms with van der Waals surface area (Å²) in [5, 5.41) is 57.2. The second-order valence-electron chi connectivity index (χ2n) is 8.95. The predicted molar refractivity (Wildman–Crippen MR) is 153 cm³/mol. The average molecular weight is 590 g/mol. The number of aliphatic hydroxyl groups excluding tert-OH is 5. The highest BCUT2D eigenvalue weighted by Crippen LogP contribution is 2.37. The molecule has 0 saturated carbocycles. The van der Waals surface area contributed by atoms with Gasteiger partial charge >= 0.3 is 5.97 Å². The van der Waals surface area contributed by atoms with Crippen LogP contribution in [0.5, 0.6) is 5.75 Å². The maximum absolute atomic E-state index is 11.5. The van der Waals surface area contributed by atoms with E-state index in [9.17, 15) is 13.2 Å². The third kappa shape index (κ3) is 8.00. The van der Waals surface area contributed by atoms with Crippen molar-refractivity contribution in [2.24, 2.45) is 0 Å². The number of fused-ring (bicyclic) bond motifs is 2. The van der Waals surface area contributed by atoms with E-state index >= 15 is 0 Å². The second-order valence-corrected chi connectivity index (χ2v) is 10.7. The molecule has 13 nitrogen and oxygen atoms in total. The van der Waals surface area contributed by atoms with Crippen LogP contribution in [0.15, 0.2) is 66.7 Å². The fourth-order valence-corrected chi connectivity index (χ4v) is 4.40. The van der Waals surface area contributed by atoms with E-state index in [0.717, 1.165) is 39.4 Å². The largest absolute Gasteiger partial charge is 0.494 e. The van der Waals surface area contributed by atoms with Crippen molar-refractivity contribution in [2.75, 3.05) is 30.0 Å². The number of para-hydroxylation sites is 2. The second kappa shape index (κ2) is 13.5. The molecule has 0 radical (unpaired) electrons. The fraction of sp³-hybridized carbons (Fsp3) is 0.259. The molecule has 1 heterocycles. The third-order valence-electron chi connectivity index (χ3n) is 5.86. The normalized spacial score (nSPS) is 14.3. The first-order valence-corrected chi connectivity index (χ1v) is 14.0. The highest BCUT2D eigenvalue weighted by atomic mass is 32.2. The topological polar surface area (TPSA) is 219 Å². The van der Waals surface area contributed by atoms with Crippen LogP contribution in [0.2, 0.25) is 0 Å². The molecule has 0 aliphatic rings. The Morgan fingerprint density at radius 2 is 1.49 bits per heavy atom. The number of sulfonamides is 1. The Bertz CT molecular complexity index is 1560. The summed E-state index contributed by atoms with van der Waals surface area (Å²) in [7, 11) is -1.82. The van der Waals surface area contributed by atoms with Crippen molar-refractivity contribution < 1.29 is 48.6 Å². The molecule has 41 heavy (non-hydrogen) atoms. The number of aliphatic carboxylic acids is 1. The van der Waals surface area contributed by atoms with Crippen LogP contribution in [-0.4, -0.2) is 94.4 Å². The number of hydrogen-bond donors (Lipinski definition) is 8. The van der Waals surface area contributed by atoms with Crippen LogP contribution in [0.3, 0.4) is 0 Å². The summed E-state index contributed by atoms with van der Waals surface area (Å²) in [6.07, 6.45) is -6.73. The van der Waals surface area contributed by atoms with E-state index in [0.29, 0.717) is 11.4 Å². The molecular formula is C27H31N3O10S. The molecule has 0 aliphatic heterocycles. The quantitative estimate of drug-likeness (QED) is 0.122. The summed E-state index contributed by atoms with van der Waals surface area (Å²) in [5.74, 6) is -1.20. The van der Waals surface area contributed by atoms with E-state index in [1.807, 2.05) is 48.5 Å². The van der Waals surface area contributed by atoms with Gasteiger partial charge in [0.25, 0.3) is 0 Å². The zero-order valence-electron chi connectivity index (χ0n) is 22.0. The van der Waals surface area contributed by atoms with Gasteiger partial charge in [0.1, 0.15) is 24.1 Å². The van der Waals surface area contributed by atoms with Crippen LogP contribution in [0, 0.1) is 0 Å². The van der Waals surface area contributed by atoms with E-state index in [1.54, 1.807) is 25.3 Å². The Kier molecular flexibility index (Phi) is 10.4. The molecule has 0 saturated heterocycles. The number of rotatable bonds is 10. The molecule has 0 fully saturated rings. The number of aliphatic hydroxyl groups is 5. The standard InChI is InChI=1S/C21H19N3O3S.C6H12O7/c1-27-20-13-14(24-28(2,25)26)11-12-19(20)23-21-15-7-3-5-9-17(15)22-18-10-6-4-8-16(18)21;7-1-2(8)3(9)4(10)5(11)6(12)13/h3-13,24H,1-2H3,(H,22,23);2-5,7-11H,1H2,(H,12,13). The van der Waals surface area contributed by atoms with Gasteiger partial charge in [0.15, 0.2) is 6.10 Å². The summed E-state index contributed by atoms with van der Waals surface area (Å²) >= 11 is 0. The molecule has 0 bridgehead atoms. The Balaban J connectivity index is 0.000000302. The number of aromatic nitrogens is 1. The number of benzene rings is 3. The Morgan fingerprint density at radius 3 is 1.98 bits per heavy atom. The van der Waals surface area contributed by atoms with Gasteiger partial charge in [-0.05, 0) is 24.3 Å². The number of carboxylic acids is 1. The summed E-state index contributed by atoms with van der Waals surface area (Å²) in [4.78, 5) is 14.8. The molecule has 1 aromatic heterocycles. The van der Waals surface area contributed by atoms with Gasteiger partial charge in [0, 0.05) is 16.8 Å². The Hall–Kier alpha value is -4.05. The molecule has 0 spiro atoms. The van der Waals surface area contributed by atoms with Crippen molar-refractivity contribution in [2.45, 2.75) is 24.4 Å². The SMILES string of the molecule is COc1cc(NS(C)(=O)=O)ccc1Nc1c2ccccc2nc2ccccc12.O=C(O)C(O)C(O)C(O)C(O)CO. The van der Waals surface area contributed by atoms with Crippen LogP contribution in [0.4, 0.5) is 17.1 Å². The van der Waals surface area contributed by atoms with Crippen LogP contribution in [-0.2, 0) is 14.8 Å². The van der Waals surface area contributed by atoms with E-state index in [1.165, 1.54) is 0 Å². The number of nitrogens with one attached hydrogen (secondary N) is 2. The van der Waals surface area contributed by atoms with Crippen molar-refractivity contribution in [3.63, 3.8) is 0 Å². The van der Waals surface area contributed by atoms with Gasteiger partial charge in [0.05, 0.1) is 48.1 Å². The summed E-state index contributed by atoms with van der Waals surface area (Å²) < 4.78 is 30.9. The highest BCUT2D eigenvalue weighted by Gasteiger charge is 2.33. The van der Waals surface area contributed by atoms with Crippen LogP contribution in [0.1, 0.15) is 0 Å². The number of anilines is 3. The molecule has 4 aromatic rings. The predicted octanol–water partition coefficient (Wildman–Crippen LogP) is 1.02. The number of pyridine rings is 1. The van der Waals surface area contributed by atoms with Gasteiger partial charge in [-0.1, -0.05) is 36.4 Å². The molecule has 4 rings (SSSR count). The Morgan fingerprint density at radius 1 is 0.927 bits per heavy atom. The summed E-state index contributed by atoms with van der Waals surface area (Å²) in [6, 6.07) is 21.0. The van der Waals surface area contributed by atoms with Crippen molar-refractivity contribution in [1.29, 1.82) is 0 Å². The smallest absolute Gasteiger partial charge is 0.335 e. The first kappa shape index (κ1) is 31.5. The lowest BCUT2D eigenvalue weighted by molar-refractivity contribution is -0.164. The first-order chi connectivity index (χ1) is 19.4. The molecular weight excluding hydrogens is 558 g/mol. The van der Waals surface area contributed by atoms with Gasteiger partial charge in [-0.25, -0.2) is 18.2 Å². The molecule has 220 valence electrons. The van der Waals surface area contributed by atoms with Gasteiger partial charge in [-0.15, -0.1) is 0 Å². The van der Waals surface area contributed by atoms with Crippen molar-refractivity contribution in [3.05, 3.63) is 66.7 Å². The van der Waals surface area contributed by atoms with Crippen LogP contribution >= 0.6 is 0 Å². The minimum atomic E-state index is -3.37. The molecule has 0 amide bonds. The van der Waals surface area contributed by atoms with Crippen molar-refractivity contribution in [3.8, 4) is 5.75 Å². The molecule has 0 aliphatic carbocycles. The molecule has 4 unspecified atom stereocenters. The van der Waals surface area contributed by atoms with Gasteiger partial charge < -0.3 is 40.7 Å². The molecule has 14 heteroatoms. The first-order valence-electron chi connectivity index (χ1n) is 12.1. The minimum Gasteiger partial charge on any atom is -0.494 e. The molecule has 8 N–H and O–H groups in total. The molecule has 4 atom stereocenters. The lowest BCUT2D eigenvalue weighted by Crippen LogP contribution is -2.48. The van der Waals surface area contributed by atoms with E-state index in [4.69, 9.17) is 40.4 Å². The zero-order chi connectivity index (χ0) is 30.3. The molecule has 3 aromatic carbocycles. The number of nitrogens with zero attached hydrogens (tertiary/aromatic N) is 1. The van der Waals surface area contributed by atoms with E-state index in [2.05, 4.69) is 10.0 Å². The van der Waals surface area contributed by atoms with Crippen molar-refractivity contribution in [1.82, 2.24) is 4.98 Å². The lowest BCUT2D eigenvalue weighted by Gasteiger charge is -2.23. The van der Waals surface area contributed by atoms with E-state index in [-0.39, 0.29) is 0 Å². The number of hydrogen-bond acceptors (Lipinski definition) is 11. The Labute approximate surface area is 235 Å². The third-order valence-corrected chi connectivity index (χ3v) is 6.47.